The zero-order valence-electron chi connectivity index (χ0n) is 7.33. The molecule has 1 spiro atoms. The molecule has 2 aliphatic rings. The molecule has 0 radical (unpaired) electrons. The molecular formula is C8H13BrO3S. The number of alkyl halides is 1. The zero-order chi connectivity index (χ0) is 9.53. The van der Waals surface area contributed by atoms with Gasteiger partial charge in [-0.05, 0) is 19.3 Å². The van der Waals surface area contributed by atoms with Crippen LogP contribution in [0.1, 0.15) is 19.3 Å². The normalized spacial score (nSPS) is 43.0. The van der Waals surface area contributed by atoms with E-state index >= 15 is 0 Å². The molecule has 0 aliphatic carbocycles. The molecule has 2 heterocycles. The largest absolute Gasteiger partial charge is 0.370 e. The third-order valence-corrected chi connectivity index (χ3v) is 5.38. The van der Waals surface area contributed by atoms with E-state index in [-0.39, 0.29) is 17.5 Å². The third kappa shape index (κ3) is 1.92. The first kappa shape index (κ1) is 9.93. The molecule has 0 aromatic heterocycles. The van der Waals surface area contributed by atoms with Gasteiger partial charge < -0.3 is 4.74 Å². The maximum absolute atomic E-state index is 11.3. The van der Waals surface area contributed by atoms with E-state index in [0.29, 0.717) is 12.2 Å². The van der Waals surface area contributed by atoms with E-state index in [4.69, 9.17) is 4.74 Å². The standard InChI is InChI=1S/C8H13BrO3S/c9-5-7-1-2-8(12-7)3-4-13(10,11)6-8/h7H,1-6H2. The Morgan fingerprint density at radius 1 is 1.46 bits per heavy atom. The van der Waals surface area contributed by atoms with Gasteiger partial charge in [-0.2, -0.15) is 0 Å². The molecule has 0 saturated carbocycles. The number of sulfone groups is 1. The van der Waals surface area contributed by atoms with Crippen molar-refractivity contribution >= 4 is 25.8 Å². The lowest BCUT2D eigenvalue weighted by Gasteiger charge is -2.21. The number of rotatable bonds is 1. The van der Waals surface area contributed by atoms with Gasteiger partial charge in [0.1, 0.15) is 0 Å². The van der Waals surface area contributed by atoms with E-state index in [2.05, 4.69) is 15.9 Å². The van der Waals surface area contributed by atoms with Crippen molar-refractivity contribution in [2.24, 2.45) is 0 Å². The van der Waals surface area contributed by atoms with Crippen LogP contribution in [0.15, 0.2) is 0 Å². The minimum Gasteiger partial charge on any atom is -0.370 e. The zero-order valence-corrected chi connectivity index (χ0v) is 9.73. The van der Waals surface area contributed by atoms with Crippen LogP contribution >= 0.6 is 15.9 Å². The van der Waals surface area contributed by atoms with Gasteiger partial charge in [0.15, 0.2) is 9.84 Å². The Kier molecular flexibility index (Phi) is 2.45. The third-order valence-electron chi connectivity index (χ3n) is 2.86. The van der Waals surface area contributed by atoms with Crippen LogP contribution in [0.5, 0.6) is 0 Å². The van der Waals surface area contributed by atoms with Crippen molar-refractivity contribution in [3.63, 3.8) is 0 Å². The lowest BCUT2D eigenvalue weighted by atomic mass is 10.00. The van der Waals surface area contributed by atoms with Crippen LogP contribution in [-0.4, -0.2) is 37.0 Å². The Morgan fingerprint density at radius 2 is 2.23 bits per heavy atom. The molecule has 0 amide bonds. The highest BCUT2D eigenvalue weighted by Crippen LogP contribution is 2.39. The lowest BCUT2D eigenvalue weighted by molar-refractivity contribution is -0.0124. The van der Waals surface area contributed by atoms with E-state index in [0.717, 1.165) is 18.2 Å². The van der Waals surface area contributed by atoms with Gasteiger partial charge >= 0.3 is 0 Å². The van der Waals surface area contributed by atoms with Crippen LogP contribution in [0.25, 0.3) is 0 Å². The molecule has 76 valence electrons. The predicted molar refractivity (Wildman–Crippen MR) is 53.9 cm³/mol. The Labute approximate surface area is 86.9 Å². The summed E-state index contributed by atoms with van der Waals surface area (Å²) in [6.45, 7) is 0. The maximum Gasteiger partial charge on any atom is 0.153 e. The highest BCUT2D eigenvalue weighted by atomic mass is 79.9. The fourth-order valence-electron chi connectivity index (χ4n) is 2.18. The van der Waals surface area contributed by atoms with E-state index < -0.39 is 9.84 Å². The van der Waals surface area contributed by atoms with Crippen LogP contribution in [-0.2, 0) is 14.6 Å². The summed E-state index contributed by atoms with van der Waals surface area (Å²) in [6.07, 6.45) is 2.80. The summed E-state index contributed by atoms with van der Waals surface area (Å²) in [6, 6.07) is 0. The Morgan fingerprint density at radius 3 is 2.69 bits per heavy atom. The molecule has 0 bridgehead atoms. The van der Waals surface area contributed by atoms with Crippen LogP contribution < -0.4 is 0 Å². The summed E-state index contributed by atoms with van der Waals surface area (Å²) in [7, 11) is -2.81. The molecule has 2 unspecified atom stereocenters. The van der Waals surface area contributed by atoms with Crippen LogP contribution in [0.3, 0.4) is 0 Å². The molecule has 5 heteroatoms. The van der Waals surface area contributed by atoms with Gasteiger partial charge in [-0.25, -0.2) is 8.42 Å². The molecule has 2 aliphatic heterocycles. The van der Waals surface area contributed by atoms with Crippen molar-refractivity contribution in [3.05, 3.63) is 0 Å². The predicted octanol–water partition coefficient (Wildman–Crippen LogP) is 1.12. The molecule has 2 fully saturated rings. The first-order valence-corrected chi connectivity index (χ1v) is 7.44. The van der Waals surface area contributed by atoms with E-state index in [1.807, 2.05) is 0 Å². The minimum absolute atomic E-state index is 0.216. The molecule has 3 nitrogen and oxygen atoms in total. The monoisotopic (exact) mass is 268 g/mol. The molecule has 0 N–H and O–H groups in total. The van der Waals surface area contributed by atoms with Gasteiger partial charge in [-0.15, -0.1) is 0 Å². The lowest BCUT2D eigenvalue weighted by Crippen LogP contribution is -2.30. The fourth-order valence-corrected chi connectivity index (χ4v) is 4.62. The van der Waals surface area contributed by atoms with Crippen LogP contribution in [0.2, 0.25) is 0 Å². The molecule has 2 rings (SSSR count). The summed E-state index contributed by atoms with van der Waals surface area (Å²) in [5.74, 6) is 0.547. The van der Waals surface area contributed by atoms with Gasteiger partial charge in [-0.3, -0.25) is 0 Å². The van der Waals surface area contributed by atoms with Gasteiger partial charge in [-0.1, -0.05) is 15.9 Å². The van der Waals surface area contributed by atoms with E-state index in [1.165, 1.54) is 0 Å². The molecular weight excluding hydrogens is 256 g/mol. The van der Waals surface area contributed by atoms with Crippen molar-refractivity contribution in [3.8, 4) is 0 Å². The molecule has 13 heavy (non-hydrogen) atoms. The van der Waals surface area contributed by atoms with Crippen molar-refractivity contribution in [2.45, 2.75) is 31.0 Å². The molecule has 0 aromatic rings. The number of hydrogen-bond donors (Lipinski definition) is 0. The molecule has 2 atom stereocenters. The van der Waals surface area contributed by atoms with Gasteiger partial charge in [0.25, 0.3) is 0 Å². The highest BCUT2D eigenvalue weighted by Gasteiger charge is 2.47. The second kappa shape index (κ2) is 3.21. The summed E-state index contributed by atoms with van der Waals surface area (Å²) in [5, 5.41) is 0.814. The topological polar surface area (TPSA) is 43.4 Å². The summed E-state index contributed by atoms with van der Waals surface area (Å²) in [4.78, 5) is 0. The maximum atomic E-state index is 11.3. The minimum atomic E-state index is -2.81. The summed E-state index contributed by atoms with van der Waals surface area (Å²) in [5.41, 5.74) is -0.322. The average Bonchev–Trinajstić information content (AvgIpc) is 2.57. The SMILES string of the molecule is O=S1(=O)CCC2(CCC(CBr)O2)C1. The average molecular weight is 269 g/mol. The van der Waals surface area contributed by atoms with Crippen LogP contribution in [0.4, 0.5) is 0 Å². The van der Waals surface area contributed by atoms with Crippen molar-refractivity contribution in [1.82, 2.24) is 0 Å². The number of halogens is 1. The van der Waals surface area contributed by atoms with E-state index in [1.54, 1.807) is 0 Å². The van der Waals surface area contributed by atoms with Crippen molar-refractivity contribution < 1.29 is 13.2 Å². The van der Waals surface area contributed by atoms with Crippen LogP contribution in [0, 0.1) is 0 Å². The number of hydrogen-bond acceptors (Lipinski definition) is 3. The smallest absolute Gasteiger partial charge is 0.153 e. The van der Waals surface area contributed by atoms with Gasteiger partial charge in [0, 0.05) is 5.33 Å². The summed E-state index contributed by atoms with van der Waals surface area (Å²) >= 11 is 3.36. The summed E-state index contributed by atoms with van der Waals surface area (Å²) < 4.78 is 28.4. The Bertz CT molecular complexity index is 301. The molecule has 0 aromatic carbocycles. The van der Waals surface area contributed by atoms with Crippen molar-refractivity contribution in [1.29, 1.82) is 0 Å². The first-order chi connectivity index (χ1) is 6.05. The molecule has 2 saturated heterocycles. The van der Waals surface area contributed by atoms with E-state index in [9.17, 15) is 8.42 Å². The Balaban J connectivity index is 2.09. The van der Waals surface area contributed by atoms with Gasteiger partial charge in [0.2, 0.25) is 0 Å². The van der Waals surface area contributed by atoms with Crippen molar-refractivity contribution in [2.75, 3.05) is 16.8 Å². The number of ether oxygens (including phenoxy) is 1. The fraction of sp³-hybridized carbons (Fsp3) is 1.00. The quantitative estimate of drug-likeness (QED) is 0.670. The second-order valence-corrected chi connectivity index (χ2v) is 6.79. The second-order valence-electron chi connectivity index (χ2n) is 3.96. The van der Waals surface area contributed by atoms with Gasteiger partial charge in [0.05, 0.1) is 23.2 Å². The first-order valence-electron chi connectivity index (χ1n) is 4.49. The Hall–Kier alpha value is 0.390. The highest BCUT2D eigenvalue weighted by molar-refractivity contribution is 9.09.